The number of benzene rings is 1. The third-order valence-corrected chi connectivity index (χ3v) is 3.78. The molecule has 6 heteroatoms. The number of amides is 1. The number of hydrogen-bond acceptors (Lipinski definition) is 4. The molecule has 1 aromatic carbocycles. The van der Waals surface area contributed by atoms with E-state index >= 15 is 0 Å². The van der Waals surface area contributed by atoms with E-state index in [1.807, 2.05) is 19.1 Å². The highest BCUT2D eigenvalue weighted by Crippen LogP contribution is 2.20. The number of nitrogens with zero attached hydrogens (tertiary/aromatic N) is 1. The van der Waals surface area contributed by atoms with Crippen LogP contribution in [0.25, 0.3) is 0 Å². The van der Waals surface area contributed by atoms with E-state index in [0.29, 0.717) is 16.4 Å². The van der Waals surface area contributed by atoms with Crippen molar-refractivity contribution in [2.75, 3.05) is 5.32 Å². The summed E-state index contributed by atoms with van der Waals surface area (Å²) in [7, 11) is 0. The van der Waals surface area contributed by atoms with Gasteiger partial charge in [-0.1, -0.05) is 22.0 Å². The molecule has 1 N–H and O–H groups in total. The van der Waals surface area contributed by atoms with Crippen LogP contribution in [-0.4, -0.2) is 16.7 Å². The van der Waals surface area contributed by atoms with Crippen LogP contribution in [0.4, 0.5) is 5.13 Å². The minimum absolute atomic E-state index is 0.115. The molecule has 98 valence electrons. The van der Waals surface area contributed by atoms with E-state index in [1.165, 1.54) is 18.3 Å². The summed E-state index contributed by atoms with van der Waals surface area (Å²) in [6.45, 7) is 3.31. The Morgan fingerprint density at radius 3 is 2.74 bits per heavy atom. The van der Waals surface area contributed by atoms with Crippen molar-refractivity contribution in [2.45, 2.75) is 13.8 Å². The molecule has 0 atom stereocenters. The van der Waals surface area contributed by atoms with Gasteiger partial charge in [0.15, 0.2) is 10.9 Å². The van der Waals surface area contributed by atoms with Crippen molar-refractivity contribution in [1.82, 2.24) is 4.98 Å². The highest BCUT2D eigenvalue weighted by Gasteiger charge is 2.13. The maximum absolute atomic E-state index is 12.1. The van der Waals surface area contributed by atoms with Crippen molar-refractivity contribution in [3.05, 3.63) is 44.9 Å². The average Bonchev–Trinajstić information content (AvgIpc) is 2.80. The summed E-state index contributed by atoms with van der Waals surface area (Å²) in [6.07, 6.45) is 0. The lowest BCUT2D eigenvalue weighted by molar-refractivity contribution is 0.100. The maximum Gasteiger partial charge on any atom is 0.257 e. The third-order valence-electron chi connectivity index (χ3n) is 2.53. The first-order chi connectivity index (χ1) is 8.97. The lowest BCUT2D eigenvalue weighted by Crippen LogP contribution is -2.13. The molecule has 0 fully saturated rings. The highest BCUT2D eigenvalue weighted by atomic mass is 79.9. The Labute approximate surface area is 123 Å². The van der Waals surface area contributed by atoms with Gasteiger partial charge in [-0.2, -0.15) is 0 Å². The monoisotopic (exact) mass is 338 g/mol. The quantitative estimate of drug-likeness (QED) is 0.868. The maximum atomic E-state index is 12.1. The highest BCUT2D eigenvalue weighted by molar-refractivity contribution is 9.10. The molecule has 1 aromatic heterocycles. The number of halogens is 1. The molecule has 0 aliphatic rings. The Balaban J connectivity index is 2.20. The summed E-state index contributed by atoms with van der Waals surface area (Å²) in [5.74, 6) is -0.348. The van der Waals surface area contributed by atoms with Gasteiger partial charge in [0.2, 0.25) is 0 Å². The van der Waals surface area contributed by atoms with E-state index in [1.54, 1.807) is 11.4 Å². The molecule has 0 saturated heterocycles. The Bertz CT molecular complexity index is 652. The van der Waals surface area contributed by atoms with Gasteiger partial charge in [-0.15, -0.1) is 11.3 Å². The van der Waals surface area contributed by atoms with Crippen LogP contribution in [-0.2, 0) is 0 Å². The molecule has 1 heterocycles. The number of ketones is 1. The van der Waals surface area contributed by atoms with Crippen LogP contribution >= 0.6 is 27.3 Å². The largest absolute Gasteiger partial charge is 0.298 e. The Hall–Kier alpha value is -1.53. The number of aromatic nitrogens is 1. The Morgan fingerprint density at radius 2 is 2.11 bits per heavy atom. The molecule has 0 aliphatic carbocycles. The van der Waals surface area contributed by atoms with Gasteiger partial charge in [-0.05, 0) is 24.6 Å². The number of rotatable bonds is 3. The molecule has 0 bridgehead atoms. The standard InChI is InChI=1S/C13H11BrN2O2S/c1-7-3-4-9(14)5-10(7)12(18)16-13-15-11(6-19-13)8(2)17/h3-6H,1-2H3,(H,15,16,18). The number of Topliss-reactive ketones (excluding diaryl/α,β-unsaturated/α-hetero) is 1. The molecule has 0 spiro atoms. The van der Waals surface area contributed by atoms with Gasteiger partial charge in [0, 0.05) is 22.3 Å². The number of anilines is 1. The number of carbonyl (C=O) groups is 2. The Kier molecular flexibility index (Phi) is 4.11. The van der Waals surface area contributed by atoms with Crippen LogP contribution in [0.2, 0.25) is 0 Å². The minimum atomic E-state index is -0.233. The summed E-state index contributed by atoms with van der Waals surface area (Å²) < 4.78 is 0.840. The van der Waals surface area contributed by atoms with E-state index in [2.05, 4.69) is 26.2 Å². The average molecular weight is 339 g/mol. The molecule has 0 aliphatic heterocycles. The van der Waals surface area contributed by atoms with Crippen molar-refractivity contribution in [2.24, 2.45) is 0 Å². The van der Waals surface area contributed by atoms with E-state index in [4.69, 9.17) is 0 Å². The van der Waals surface area contributed by atoms with Gasteiger partial charge >= 0.3 is 0 Å². The predicted octanol–water partition coefficient (Wildman–Crippen LogP) is 3.67. The topological polar surface area (TPSA) is 59.1 Å². The second-order valence-corrected chi connectivity index (χ2v) is 5.78. The van der Waals surface area contributed by atoms with Crippen molar-refractivity contribution in [3.63, 3.8) is 0 Å². The molecule has 1 amide bonds. The first-order valence-corrected chi connectivity index (χ1v) is 7.18. The molecule has 4 nitrogen and oxygen atoms in total. The lowest BCUT2D eigenvalue weighted by Gasteiger charge is -2.05. The molecular weight excluding hydrogens is 328 g/mol. The molecule has 19 heavy (non-hydrogen) atoms. The molecule has 2 aromatic rings. The van der Waals surface area contributed by atoms with Gasteiger partial charge in [0.05, 0.1) is 0 Å². The second kappa shape index (κ2) is 5.63. The fourth-order valence-electron chi connectivity index (χ4n) is 1.50. The lowest BCUT2D eigenvalue weighted by atomic mass is 10.1. The second-order valence-electron chi connectivity index (χ2n) is 4.01. The molecule has 0 unspecified atom stereocenters. The van der Waals surface area contributed by atoms with Crippen molar-refractivity contribution < 1.29 is 9.59 Å². The van der Waals surface area contributed by atoms with Gasteiger partial charge in [0.25, 0.3) is 5.91 Å². The summed E-state index contributed by atoms with van der Waals surface area (Å²) >= 11 is 4.57. The number of thiazole rings is 1. The van der Waals surface area contributed by atoms with E-state index in [-0.39, 0.29) is 11.7 Å². The number of carbonyl (C=O) groups excluding carboxylic acids is 2. The normalized spacial score (nSPS) is 10.3. The number of nitrogens with one attached hydrogen (secondary N) is 1. The van der Waals surface area contributed by atoms with Crippen LogP contribution in [0.3, 0.4) is 0 Å². The zero-order chi connectivity index (χ0) is 14.0. The molecular formula is C13H11BrN2O2S. The molecule has 0 saturated carbocycles. The van der Waals surface area contributed by atoms with E-state index in [9.17, 15) is 9.59 Å². The minimum Gasteiger partial charge on any atom is -0.298 e. The zero-order valence-corrected chi connectivity index (χ0v) is 12.8. The third kappa shape index (κ3) is 3.27. The summed E-state index contributed by atoms with van der Waals surface area (Å²) in [4.78, 5) is 27.3. The van der Waals surface area contributed by atoms with Crippen LogP contribution in [0.15, 0.2) is 28.1 Å². The van der Waals surface area contributed by atoms with Gasteiger partial charge in [0.1, 0.15) is 5.69 Å². The first-order valence-electron chi connectivity index (χ1n) is 5.51. The smallest absolute Gasteiger partial charge is 0.257 e. The summed E-state index contributed by atoms with van der Waals surface area (Å²) in [6, 6.07) is 5.50. The first kappa shape index (κ1) is 13.9. The van der Waals surface area contributed by atoms with Gasteiger partial charge in [-0.25, -0.2) is 4.98 Å². The van der Waals surface area contributed by atoms with E-state index in [0.717, 1.165) is 10.0 Å². The molecule has 0 radical (unpaired) electrons. The summed E-state index contributed by atoms with van der Waals surface area (Å²) in [5, 5.41) is 4.75. The molecule has 2 rings (SSSR count). The predicted molar refractivity (Wildman–Crippen MR) is 79.0 cm³/mol. The van der Waals surface area contributed by atoms with E-state index < -0.39 is 0 Å². The van der Waals surface area contributed by atoms with Crippen molar-refractivity contribution in [3.8, 4) is 0 Å². The van der Waals surface area contributed by atoms with Crippen LogP contribution in [0, 0.1) is 6.92 Å². The fourth-order valence-corrected chi connectivity index (χ4v) is 2.60. The van der Waals surface area contributed by atoms with Gasteiger partial charge in [-0.3, -0.25) is 14.9 Å². The van der Waals surface area contributed by atoms with Crippen LogP contribution in [0.1, 0.15) is 33.3 Å². The Morgan fingerprint density at radius 1 is 1.37 bits per heavy atom. The van der Waals surface area contributed by atoms with Gasteiger partial charge < -0.3 is 0 Å². The zero-order valence-electron chi connectivity index (χ0n) is 10.4. The SMILES string of the molecule is CC(=O)c1csc(NC(=O)c2cc(Br)ccc2C)n1. The van der Waals surface area contributed by atoms with Crippen molar-refractivity contribution in [1.29, 1.82) is 0 Å². The van der Waals surface area contributed by atoms with Crippen molar-refractivity contribution >= 4 is 44.1 Å². The fraction of sp³-hybridized carbons (Fsp3) is 0.154. The van der Waals surface area contributed by atoms with Crippen LogP contribution in [0.5, 0.6) is 0 Å². The summed E-state index contributed by atoms with van der Waals surface area (Å²) in [5.41, 5.74) is 1.82. The number of hydrogen-bond donors (Lipinski definition) is 1. The number of aryl methyl sites for hydroxylation is 1. The van der Waals surface area contributed by atoms with Crippen LogP contribution < -0.4 is 5.32 Å².